The molecule has 1 heterocycles. The Balaban J connectivity index is 0.000000738. The quantitative estimate of drug-likeness (QED) is 0.141. The first kappa shape index (κ1) is 35.7. The van der Waals surface area contributed by atoms with Crippen molar-refractivity contribution in [3.8, 4) is 0 Å². The van der Waals surface area contributed by atoms with E-state index in [1.54, 1.807) is 24.3 Å². The predicted octanol–water partition coefficient (Wildman–Crippen LogP) is 2.06. The molecule has 2 atom stereocenters. The molecule has 46 heavy (non-hydrogen) atoms. The van der Waals surface area contributed by atoms with Crippen LogP contribution in [0.4, 0.5) is 13.2 Å². The van der Waals surface area contributed by atoms with Gasteiger partial charge in [0.1, 0.15) is 11.9 Å². The molecule has 246 valence electrons. The summed E-state index contributed by atoms with van der Waals surface area (Å²) in [6.45, 7) is 0.761. The number of likely N-dealkylation sites (tertiary alicyclic amines) is 1. The number of carboxylic acid groups (broad SMARTS) is 1. The van der Waals surface area contributed by atoms with Gasteiger partial charge in [0.05, 0.1) is 5.92 Å². The molecule has 0 spiro atoms. The number of nitrogens with zero attached hydrogens (tertiary/aromatic N) is 1. The Labute approximate surface area is 263 Å². The zero-order valence-corrected chi connectivity index (χ0v) is 25.1. The summed E-state index contributed by atoms with van der Waals surface area (Å²) >= 11 is 0. The molecule has 0 bridgehead atoms. The van der Waals surface area contributed by atoms with E-state index in [0.29, 0.717) is 25.1 Å². The average Bonchev–Trinajstić information content (AvgIpc) is 3.50. The molecule has 12 nitrogen and oxygen atoms in total. The topological polar surface area (TPSA) is 209 Å². The van der Waals surface area contributed by atoms with E-state index in [1.165, 1.54) is 4.90 Å². The summed E-state index contributed by atoms with van der Waals surface area (Å²) in [4.78, 5) is 37.1. The van der Waals surface area contributed by atoms with Gasteiger partial charge in [-0.2, -0.15) is 26.3 Å². The Morgan fingerprint density at radius 1 is 0.957 bits per heavy atom. The van der Waals surface area contributed by atoms with Crippen molar-refractivity contribution in [2.45, 2.75) is 31.1 Å². The number of benzene rings is 3. The highest BCUT2D eigenvalue weighted by molar-refractivity contribution is 7.87. The summed E-state index contributed by atoms with van der Waals surface area (Å²) in [6.07, 6.45) is -4.63. The lowest BCUT2D eigenvalue weighted by atomic mass is 9.85. The Morgan fingerprint density at radius 2 is 1.46 bits per heavy atom. The highest BCUT2D eigenvalue weighted by Crippen LogP contribution is 2.31. The number of nitrogen functional groups attached to an aromatic ring is 1. The van der Waals surface area contributed by atoms with E-state index in [2.05, 4.69) is 10.0 Å². The first-order chi connectivity index (χ1) is 21.6. The lowest BCUT2D eigenvalue weighted by molar-refractivity contribution is -0.192. The van der Waals surface area contributed by atoms with E-state index in [9.17, 15) is 31.2 Å². The van der Waals surface area contributed by atoms with E-state index in [0.717, 1.165) is 16.7 Å². The van der Waals surface area contributed by atoms with Crippen LogP contribution in [-0.2, 0) is 31.1 Å². The van der Waals surface area contributed by atoms with Gasteiger partial charge in [-0.15, -0.1) is 0 Å². The van der Waals surface area contributed by atoms with Gasteiger partial charge < -0.3 is 21.1 Å². The lowest BCUT2D eigenvalue weighted by Crippen LogP contribution is -2.53. The van der Waals surface area contributed by atoms with Gasteiger partial charge >= 0.3 is 12.1 Å². The summed E-state index contributed by atoms with van der Waals surface area (Å²) < 4.78 is 58.5. The maximum absolute atomic E-state index is 13.8. The number of alkyl halides is 3. The van der Waals surface area contributed by atoms with Crippen molar-refractivity contribution in [3.63, 3.8) is 0 Å². The summed E-state index contributed by atoms with van der Waals surface area (Å²) in [5.41, 5.74) is 8.44. The van der Waals surface area contributed by atoms with E-state index in [4.69, 9.17) is 26.2 Å². The molecule has 0 aliphatic carbocycles. The second kappa shape index (κ2) is 15.5. The summed E-state index contributed by atoms with van der Waals surface area (Å²) in [6, 6.07) is 24.2. The second-order valence-electron chi connectivity index (χ2n) is 10.3. The van der Waals surface area contributed by atoms with Gasteiger partial charge in [0.15, 0.2) is 0 Å². The number of aliphatic carboxylic acids is 1. The summed E-state index contributed by atoms with van der Waals surface area (Å²) in [7, 11) is -4.23. The van der Waals surface area contributed by atoms with Gasteiger partial charge in [-0.3, -0.25) is 15.0 Å². The minimum atomic E-state index is -5.08. The van der Waals surface area contributed by atoms with Crippen LogP contribution < -0.4 is 20.9 Å². The number of nitrogens with two attached hydrogens (primary N) is 2. The molecule has 1 aliphatic heterocycles. The first-order valence-corrected chi connectivity index (χ1v) is 15.3. The predicted molar refractivity (Wildman–Crippen MR) is 162 cm³/mol. The van der Waals surface area contributed by atoms with Crippen molar-refractivity contribution in [1.82, 2.24) is 14.9 Å². The molecule has 8 N–H and O–H groups in total. The smallest absolute Gasteiger partial charge is 0.475 e. The van der Waals surface area contributed by atoms with Crippen molar-refractivity contribution in [3.05, 3.63) is 107 Å². The molecule has 0 saturated carbocycles. The molecule has 1 fully saturated rings. The van der Waals surface area contributed by atoms with Gasteiger partial charge in [0, 0.05) is 31.1 Å². The third-order valence-corrected chi connectivity index (χ3v) is 7.64. The van der Waals surface area contributed by atoms with Gasteiger partial charge in [0.2, 0.25) is 11.8 Å². The van der Waals surface area contributed by atoms with Crippen molar-refractivity contribution in [2.75, 3.05) is 13.1 Å². The van der Waals surface area contributed by atoms with Crippen LogP contribution in [0.3, 0.4) is 0 Å². The third kappa shape index (κ3) is 10.4. The largest absolute Gasteiger partial charge is 0.490 e. The minimum Gasteiger partial charge on any atom is -0.475 e. The number of hydrogen-bond donors (Lipinski definition) is 6. The van der Waals surface area contributed by atoms with Crippen molar-refractivity contribution in [1.29, 1.82) is 5.41 Å². The zero-order valence-electron chi connectivity index (χ0n) is 24.3. The molecular formula is C30H33F3N6O6S. The SMILES string of the molecule is N=C(N)c1ccc(CNC(=O)[C@@H]2CCN(C(=O)[C@H](NS(N)(=O)=O)C(c3ccccc3)c3ccccc3)C2)cc1.O=C(O)C(F)(F)F. The fourth-order valence-electron chi connectivity index (χ4n) is 4.84. The number of rotatable bonds is 10. The third-order valence-electron chi connectivity index (χ3n) is 7.05. The highest BCUT2D eigenvalue weighted by atomic mass is 32.2. The van der Waals surface area contributed by atoms with E-state index < -0.39 is 46.1 Å². The number of halogens is 3. The number of amidine groups is 1. The fraction of sp³-hybridized carbons (Fsp3) is 0.267. The normalized spacial score (nSPS) is 15.4. The molecule has 3 aromatic rings. The Bertz CT molecular complexity index is 1580. The van der Waals surface area contributed by atoms with E-state index in [1.807, 2.05) is 60.7 Å². The summed E-state index contributed by atoms with van der Waals surface area (Å²) in [5.74, 6) is -4.50. The molecule has 1 aliphatic rings. The van der Waals surface area contributed by atoms with Crippen LogP contribution in [0.15, 0.2) is 84.9 Å². The van der Waals surface area contributed by atoms with Crippen LogP contribution >= 0.6 is 0 Å². The number of carbonyl (C=O) groups excluding carboxylic acids is 2. The molecule has 4 rings (SSSR count). The first-order valence-electron chi connectivity index (χ1n) is 13.8. The number of nitrogens with one attached hydrogen (secondary N) is 3. The minimum absolute atomic E-state index is 0.0294. The van der Waals surface area contributed by atoms with E-state index in [-0.39, 0.29) is 18.3 Å². The molecule has 0 unspecified atom stereocenters. The van der Waals surface area contributed by atoms with Crippen LogP contribution in [-0.4, -0.2) is 67.4 Å². The van der Waals surface area contributed by atoms with Gasteiger partial charge in [-0.05, 0) is 23.1 Å². The standard InChI is InChI=1S/C28H32N6O4S.C2HF3O2/c29-26(30)22-13-11-19(12-14-22)17-32-27(35)23-15-16-34(18-23)28(36)25(33-39(31,37)38)24(20-7-3-1-4-8-20)21-9-5-2-6-10-21;3-2(4,5)1(6)7/h1-14,23-25,33H,15-18H2,(H3,29,30)(H,32,35)(H2,31,37,38);(H,6,7)/t23-,25-;/m1./s1. The second-order valence-corrected chi connectivity index (χ2v) is 11.7. The van der Waals surface area contributed by atoms with Gasteiger partial charge in [0.25, 0.3) is 10.2 Å². The van der Waals surface area contributed by atoms with Crippen LogP contribution in [0.2, 0.25) is 0 Å². The molecule has 3 aromatic carbocycles. The van der Waals surface area contributed by atoms with Crippen molar-refractivity contribution >= 4 is 33.8 Å². The lowest BCUT2D eigenvalue weighted by Gasteiger charge is -2.30. The average molecular weight is 663 g/mol. The highest BCUT2D eigenvalue weighted by Gasteiger charge is 2.40. The number of hydrogen-bond acceptors (Lipinski definition) is 6. The Morgan fingerprint density at radius 3 is 1.89 bits per heavy atom. The number of carboxylic acids is 1. The van der Waals surface area contributed by atoms with Crippen LogP contribution in [0.5, 0.6) is 0 Å². The summed E-state index contributed by atoms with van der Waals surface area (Å²) in [5, 5.41) is 22.9. The van der Waals surface area contributed by atoms with Crippen molar-refractivity contribution < 1.29 is 41.1 Å². The van der Waals surface area contributed by atoms with Gasteiger partial charge in [-0.25, -0.2) is 9.93 Å². The van der Waals surface area contributed by atoms with Gasteiger partial charge in [-0.1, -0.05) is 84.9 Å². The zero-order chi connectivity index (χ0) is 34.1. The Kier molecular flexibility index (Phi) is 12.0. The van der Waals surface area contributed by atoms with E-state index >= 15 is 0 Å². The maximum atomic E-state index is 13.8. The fourth-order valence-corrected chi connectivity index (χ4v) is 5.43. The molecule has 0 radical (unpaired) electrons. The van der Waals surface area contributed by atoms with Crippen molar-refractivity contribution in [2.24, 2.45) is 16.8 Å². The monoisotopic (exact) mass is 662 g/mol. The van der Waals surface area contributed by atoms with Crippen LogP contribution in [0.25, 0.3) is 0 Å². The number of amides is 2. The molecule has 0 aromatic heterocycles. The Hall–Kier alpha value is -4.80. The number of carbonyl (C=O) groups is 3. The van der Waals surface area contributed by atoms with Crippen LogP contribution in [0.1, 0.15) is 34.6 Å². The van der Waals surface area contributed by atoms with Crippen LogP contribution in [0, 0.1) is 11.3 Å². The maximum Gasteiger partial charge on any atom is 0.490 e. The molecule has 16 heteroatoms. The molecule has 2 amide bonds. The molecular weight excluding hydrogens is 629 g/mol. The molecule has 1 saturated heterocycles.